The van der Waals surface area contributed by atoms with Gasteiger partial charge >= 0.3 is 0 Å². The third-order valence-electron chi connectivity index (χ3n) is 3.66. The molecular formula is C18H18FNO3. The van der Waals surface area contributed by atoms with Gasteiger partial charge in [-0.05, 0) is 55.0 Å². The normalized spacial score (nSPS) is 14.1. The van der Waals surface area contributed by atoms with Gasteiger partial charge in [0.1, 0.15) is 30.5 Å². The lowest BCUT2D eigenvalue weighted by atomic mass is 10.3. The number of ether oxygens (including phenoxy) is 2. The summed E-state index contributed by atoms with van der Waals surface area (Å²) in [5.74, 6) is 1.22. The average molecular weight is 315 g/mol. The van der Waals surface area contributed by atoms with Crippen LogP contribution in [0.2, 0.25) is 0 Å². The number of halogens is 1. The Balaban J connectivity index is 1.45. The predicted molar refractivity (Wildman–Crippen MR) is 85.4 cm³/mol. The number of carbonyl (C=O) groups is 1. The summed E-state index contributed by atoms with van der Waals surface area (Å²) in [5, 5.41) is 0. The van der Waals surface area contributed by atoms with Crippen LogP contribution in [0.3, 0.4) is 0 Å². The maximum absolute atomic E-state index is 12.8. The Morgan fingerprint density at radius 2 is 1.48 bits per heavy atom. The van der Waals surface area contributed by atoms with Gasteiger partial charge in [-0.1, -0.05) is 0 Å². The van der Waals surface area contributed by atoms with Crippen LogP contribution in [0.25, 0.3) is 0 Å². The summed E-state index contributed by atoms with van der Waals surface area (Å²) >= 11 is 0. The van der Waals surface area contributed by atoms with Crippen molar-refractivity contribution in [2.75, 3.05) is 24.7 Å². The van der Waals surface area contributed by atoms with E-state index in [2.05, 4.69) is 0 Å². The van der Waals surface area contributed by atoms with Gasteiger partial charge in [-0.3, -0.25) is 4.79 Å². The Labute approximate surface area is 134 Å². The number of hydrogen-bond donors (Lipinski definition) is 0. The second-order valence-corrected chi connectivity index (χ2v) is 5.29. The smallest absolute Gasteiger partial charge is 0.227 e. The molecule has 3 rings (SSSR count). The molecule has 0 radical (unpaired) electrons. The number of rotatable bonds is 6. The van der Waals surface area contributed by atoms with Crippen molar-refractivity contribution in [2.45, 2.75) is 12.8 Å². The zero-order valence-electron chi connectivity index (χ0n) is 12.7. The first-order valence-electron chi connectivity index (χ1n) is 7.64. The molecule has 1 aliphatic rings. The molecule has 120 valence electrons. The molecular weight excluding hydrogens is 297 g/mol. The van der Waals surface area contributed by atoms with Gasteiger partial charge in [0.25, 0.3) is 0 Å². The number of benzene rings is 2. The standard InChI is InChI=1S/C18H18FNO3/c19-14-3-7-16(8-4-14)22-12-13-23-17-9-5-15(6-10-17)20-11-1-2-18(20)21/h3-10H,1-2,11-13H2. The molecule has 4 nitrogen and oxygen atoms in total. The molecule has 5 heteroatoms. The number of carbonyl (C=O) groups excluding carboxylic acids is 1. The first-order valence-corrected chi connectivity index (χ1v) is 7.64. The van der Waals surface area contributed by atoms with E-state index in [1.54, 1.807) is 17.0 Å². The summed E-state index contributed by atoms with van der Waals surface area (Å²) in [6.45, 7) is 1.54. The van der Waals surface area contributed by atoms with Gasteiger partial charge in [-0.15, -0.1) is 0 Å². The molecule has 0 N–H and O–H groups in total. The molecule has 2 aromatic rings. The Morgan fingerprint density at radius 3 is 2.00 bits per heavy atom. The highest BCUT2D eigenvalue weighted by atomic mass is 19.1. The monoisotopic (exact) mass is 315 g/mol. The second kappa shape index (κ2) is 7.13. The Bertz CT molecular complexity index is 655. The fourth-order valence-electron chi connectivity index (χ4n) is 2.49. The zero-order valence-corrected chi connectivity index (χ0v) is 12.7. The van der Waals surface area contributed by atoms with Crippen molar-refractivity contribution in [2.24, 2.45) is 0 Å². The third-order valence-corrected chi connectivity index (χ3v) is 3.66. The zero-order chi connectivity index (χ0) is 16.1. The maximum atomic E-state index is 12.8. The molecule has 0 atom stereocenters. The molecule has 0 saturated carbocycles. The number of anilines is 1. The molecule has 0 aromatic heterocycles. The number of hydrogen-bond acceptors (Lipinski definition) is 3. The van der Waals surface area contributed by atoms with E-state index in [0.29, 0.717) is 25.4 Å². The van der Waals surface area contributed by atoms with Crippen molar-refractivity contribution in [1.29, 1.82) is 0 Å². The van der Waals surface area contributed by atoms with Crippen molar-refractivity contribution >= 4 is 11.6 Å². The number of nitrogens with zero attached hydrogens (tertiary/aromatic N) is 1. The van der Waals surface area contributed by atoms with Gasteiger partial charge in [-0.25, -0.2) is 4.39 Å². The third kappa shape index (κ3) is 4.00. The molecule has 23 heavy (non-hydrogen) atoms. The quantitative estimate of drug-likeness (QED) is 0.767. The molecule has 1 fully saturated rings. The van der Waals surface area contributed by atoms with Crippen LogP contribution in [0, 0.1) is 5.82 Å². The van der Waals surface area contributed by atoms with E-state index < -0.39 is 0 Å². The van der Waals surface area contributed by atoms with E-state index >= 15 is 0 Å². The van der Waals surface area contributed by atoms with E-state index in [9.17, 15) is 9.18 Å². The minimum atomic E-state index is -0.287. The Kier molecular flexibility index (Phi) is 4.76. The van der Waals surface area contributed by atoms with Crippen LogP contribution in [0.1, 0.15) is 12.8 Å². The van der Waals surface area contributed by atoms with Gasteiger partial charge < -0.3 is 14.4 Å². The largest absolute Gasteiger partial charge is 0.490 e. The van der Waals surface area contributed by atoms with Crippen LogP contribution in [-0.2, 0) is 4.79 Å². The van der Waals surface area contributed by atoms with E-state index in [1.165, 1.54) is 12.1 Å². The SMILES string of the molecule is O=C1CCCN1c1ccc(OCCOc2ccc(F)cc2)cc1. The number of amides is 1. The van der Waals surface area contributed by atoms with Crippen molar-refractivity contribution < 1.29 is 18.7 Å². The topological polar surface area (TPSA) is 38.8 Å². The van der Waals surface area contributed by atoms with Crippen molar-refractivity contribution in [1.82, 2.24) is 0 Å². The lowest BCUT2D eigenvalue weighted by Gasteiger charge is -2.16. The second-order valence-electron chi connectivity index (χ2n) is 5.29. The molecule has 1 heterocycles. The van der Waals surface area contributed by atoms with Crippen molar-refractivity contribution in [3.63, 3.8) is 0 Å². The van der Waals surface area contributed by atoms with Gasteiger partial charge in [0.05, 0.1) is 0 Å². The highest BCUT2D eigenvalue weighted by molar-refractivity contribution is 5.95. The predicted octanol–water partition coefficient (Wildman–Crippen LogP) is 3.41. The van der Waals surface area contributed by atoms with Crippen LogP contribution in [0.5, 0.6) is 11.5 Å². The molecule has 0 aliphatic carbocycles. The summed E-state index contributed by atoms with van der Waals surface area (Å²) in [6.07, 6.45) is 1.54. The summed E-state index contributed by atoms with van der Waals surface area (Å²) in [4.78, 5) is 13.5. The van der Waals surface area contributed by atoms with Gasteiger partial charge in [0.15, 0.2) is 0 Å². The molecule has 2 aromatic carbocycles. The van der Waals surface area contributed by atoms with E-state index in [4.69, 9.17) is 9.47 Å². The van der Waals surface area contributed by atoms with Crippen LogP contribution in [-0.4, -0.2) is 25.7 Å². The highest BCUT2D eigenvalue weighted by Crippen LogP contribution is 2.23. The fourth-order valence-corrected chi connectivity index (χ4v) is 2.49. The van der Waals surface area contributed by atoms with Gasteiger partial charge in [0.2, 0.25) is 5.91 Å². The lowest BCUT2D eigenvalue weighted by Crippen LogP contribution is -2.23. The average Bonchev–Trinajstić information content (AvgIpc) is 3.00. The first-order chi connectivity index (χ1) is 11.2. The maximum Gasteiger partial charge on any atom is 0.227 e. The molecule has 0 spiro atoms. The van der Waals surface area contributed by atoms with Crippen LogP contribution in [0.15, 0.2) is 48.5 Å². The van der Waals surface area contributed by atoms with E-state index in [-0.39, 0.29) is 11.7 Å². The van der Waals surface area contributed by atoms with Crippen LogP contribution >= 0.6 is 0 Å². The molecule has 1 amide bonds. The minimum absolute atomic E-state index is 0.173. The van der Waals surface area contributed by atoms with Gasteiger partial charge in [0, 0.05) is 18.7 Å². The Morgan fingerprint density at radius 1 is 0.913 bits per heavy atom. The summed E-state index contributed by atoms with van der Waals surface area (Å²) in [7, 11) is 0. The lowest BCUT2D eigenvalue weighted by molar-refractivity contribution is -0.117. The molecule has 0 bridgehead atoms. The van der Waals surface area contributed by atoms with Crippen molar-refractivity contribution in [3.8, 4) is 11.5 Å². The minimum Gasteiger partial charge on any atom is -0.490 e. The summed E-state index contributed by atoms with van der Waals surface area (Å²) in [6, 6.07) is 13.3. The summed E-state index contributed by atoms with van der Waals surface area (Å²) in [5.41, 5.74) is 0.905. The first kappa shape index (κ1) is 15.3. The highest BCUT2D eigenvalue weighted by Gasteiger charge is 2.21. The Hall–Kier alpha value is -2.56. The molecule has 1 saturated heterocycles. The van der Waals surface area contributed by atoms with Crippen molar-refractivity contribution in [3.05, 3.63) is 54.3 Å². The van der Waals surface area contributed by atoms with Gasteiger partial charge in [-0.2, -0.15) is 0 Å². The van der Waals surface area contributed by atoms with E-state index in [1.807, 2.05) is 24.3 Å². The van der Waals surface area contributed by atoms with E-state index in [0.717, 1.165) is 24.4 Å². The van der Waals surface area contributed by atoms with Crippen LogP contribution in [0.4, 0.5) is 10.1 Å². The summed E-state index contributed by atoms with van der Waals surface area (Å²) < 4.78 is 23.8. The van der Waals surface area contributed by atoms with Crippen LogP contribution < -0.4 is 14.4 Å². The fraction of sp³-hybridized carbons (Fsp3) is 0.278. The molecule has 1 aliphatic heterocycles. The molecule has 0 unspecified atom stereocenters.